The first-order valence-electron chi connectivity index (χ1n) is 12.0. The number of carbonyl (C=O) groups excluding carboxylic acids is 2. The third-order valence-electron chi connectivity index (χ3n) is 7.08. The molecule has 3 atom stereocenters. The molecule has 2 heterocycles. The van der Waals surface area contributed by atoms with Crippen LogP contribution in [-0.4, -0.2) is 62.1 Å². The maximum absolute atomic E-state index is 13.3. The van der Waals surface area contributed by atoms with E-state index in [4.69, 9.17) is 9.47 Å². The zero-order valence-electron chi connectivity index (χ0n) is 19.5. The average molecular weight is 462 g/mol. The molecular formula is C27H31N3O4. The van der Waals surface area contributed by atoms with Crippen molar-refractivity contribution in [3.8, 4) is 5.75 Å². The molecule has 7 nitrogen and oxygen atoms in total. The summed E-state index contributed by atoms with van der Waals surface area (Å²) in [4.78, 5) is 30.2. The number of rotatable bonds is 4. The van der Waals surface area contributed by atoms with Gasteiger partial charge in [0, 0.05) is 37.8 Å². The van der Waals surface area contributed by atoms with Crippen LogP contribution in [0.15, 0.2) is 60.4 Å². The molecule has 0 bridgehead atoms. The third kappa shape index (κ3) is 4.74. The quantitative estimate of drug-likeness (QED) is 0.709. The molecule has 7 heteroatoms. The van der Waals surface area contributed by atoms with Crippen LogP contribution in [-0.2, 0) is 14.3 Å². The maximum Gasteiger partial charge on any atom is 0.286 e. The van der Waals surface area contributed by atoms with Crippen molar-refractivity contribution in [2.75, 3.05) is 38.2 Å². The Balaban J connectivity index is 1.15. The zero-order valence-corrected chi connectivity index (χ0v) is 19.5. The van der Waals surface area contributed by atoms with Gasteiger partial charge in [-0.3, -0.25) is 9.59 Å². The molecule has 0 spiro atoms. The van der Waals surface area contributed by atoms with Gasteiger partial charge in [0.1, 0.15) is 11.9 Å². The van der Waals surface area contributed by atoms with Crippen molar-refractivity contribution in [3.05, 3.63) is 65.9 Å². The molecule has 5 rings (SSSR count). The Morgan fingerprint density at radius 1 is 1.03 bits per heavy atom. The SMILES string of the molecule is COc1ccc(N2CCN(C(=O)C3CCC4O/C(=C/c5ccccc5)C(=O)NC4C3)CC2)cc1. The summed E-state index contributed by atoms with van der Waals surface area (Å²) in [6.07, 6.45) is 3.88. The van der Waals surface area contributed by atoms with Gasteiger partial charge in [0.2, 0.25) is 5.91 Å². The first-order valence-corrected chi connectivity index (χ1v) is 12.0. The van der Waals surface area contributed by atoms with Gasteiger partial charge in [0.15, 0.2) is 5.76 Å². The molecule has 178 valence electrons. The molecule has 2 aromatic rings. The van der Waals surface area contributed by atoms with E-state index in [1.807, 2.05) is 47.4 Å². The second-order valence-electron chi connectivity index (χ2n) is 9.18. The summed E-state index contributed by atoms with van der Waals surface area (Å²) in [6, 6.07) is 17.6. The fourth-order valence-corrected chi connectivity index (χ4v) is 5.15. The second-order valence-corrected chi connectivity index (χ2v) is 9.18. The average Bonchev–Trinajstić information content (AvgIpc) is 2.89. The standard InChI is InChI=1S/C27H31N3O4/c1-33-22-10-8-21(9-11-22)29-13-15-30(16-14-29)27(32)20-7-12-24-23(18-20)28-26(31)25(34-24)17-19-5-3-2-4-6-19/h2-6,8-11,17,20,23-24H,7,12-16,18H2,1H3,(H,28,31)/b25-17+. The number of amides is 2. The third-order valence-corrected chi connectivity index (χ3v) is 7.08. The highest BCUT2D eigenvalue weighted by Crippen LogP contribution is 2.33. The van der Waals surface area contributed by atoms with Crippen molar-refractivity contribution in [2.45, 2.75) is 31.4 Å². The van der Waals surface area contributed by atoms with E-state index in [1.165, 1.54) is 0 Å². The number of piperazine rings is 1. The van der Waals surface area contributed by atoms with Crippen molar-refractivity contribution < 1.29 is 19.1 Å². The van der Waals surface area contributed by atoms with Crippen LogP contribution in [0.4, 0.5) is 5.69 Å². The van der Waals surface area contributed by atoms with Gasteiger partial charge in [0.05, 0.1) is 13.2 Å². The normalized spacial score (nSPS) is 25.9. The molecule has 0 aromatic heterocycles. The summed E-state index contributed by atoms with van der Waals surface area (Å²) in [5.74, 6) is 1.12. The topological polar surface area (TPSA) is 71.1 Å². The van der Waals surface area contributed by atoms with E-state index >= 15 is 0 Å². The van der Waals surface area contributed by atoms with Crippen LogP contribution < -0.4 is 15.0 Å². The number of fused-ring (bicyclic) bond motifs is 1. The number of carbonyl (C=O) groups is 2. The van der Waals surface area contributed by atoms with E-state index in [0.717, 1.165) is 42.9 Å². The van der Waals surface area contributed by atoms with Crippen LogP contribution in [0.3, 0.4) is 0 Å². The van der Waals surface area contributed by atoms with E-state index in [9.17, 15) is 9.59 Å². The monoisotopic (exact) mass is 461 g/mol. The first kappa shape index (κ1) is 22.3. The predicted molar refractivity (Wildman–Crippen MR) is 130 cm³/mol. The van der Waals surface area contributed by atoms with Gasteiger partial charge in [-0.1, -0.05) is 30.3 Å². The molecule has 0 radical (unpaired) electrons. The number of morpholine rings is 1. The molecule has 3 aliphatic rings. The maximum atomic E-state index is 13.3. The Labute approximate surface area is 200 Å². The van der Waals surface area contributed by atoms with Crippen molar-refractivity contribution in [3.63, 3.8) is 0 Å². The Kier molecular flexibility index (Phi) is 6.43. The lowest BCUT2D eigenvalue weighted by Gasteiger charge is -2.42. The molecular weight excluding hydrogens is 430 g/mol. The zero-order chi connectivity index (χ0) is 23.5. The van der Waals surface area contributed by atoms with E-state index in [-0.39, 0.29) is 29.9 Å². The Hall–Kier alpha value is -3.48. The van der Waals surface area contributed by atoms with E-state index in [0.29, 0.717) is 25.3 Å². The van der Waals surface area contributed by atoms with Gasteiger partial charge < -0.3 is 24.6 Å². The number of hydrogen-bond donors (Lipinski definition) is 1. The van der Waals surface area contributed by atoms with Gasteiger partial charge in [0.25, 0.3) is 5.91 Å². The van der Waals surface area contributed by atoms with Gasteiger partial charge in [-0.15, -0.1) is 0 Å². The molecule has 2 aromatic carbocycles. The Morgan fingerprint density at radius 3 is 2.47 bits per heavy atom. The molecule has 34 heavy (non-hydrogen) atoms. The van der Waals surface area contributed by atoms with Crippen molar-refractivity contribution in [1.29, 1.82) is 0 Å². The van der Waals surface area contributed by atoms with Crippen molar-refractivity contribution in [1.82, 2.24) is 10.2 Å². The fourth-order valence-electron chi connectivity index (χ4n) is 5.15. The van der Waals surface area contributed by atoms with Crippen molar-refractivity contribution in [2.24, 2.45) is 5.92 Å². The van der Waals surface area contributed by atoms with Gasteiger partial charge in [-0.2, -0.15) is 0 Å². The largest absolute Gasteiger partial charge is 0.497 e. The molecule has 3 unspecified atom stereocenters. The minimum Gasteiger partial charge on any atom is -0.497 e. The number of methoxy groups -OCH3 is 1. The summed E-state index contributed by atoms with van der Waals surface area (Å²) < 4.78 is 11.3. The lowest BCUT2D eigenvalue weighted by Crippen LogP contribution is -2.56. The second kappa shape index (κ2) is 9.79. The summed E-state index contributed by atoms with van der Waals surface area (Å²) in [5, 5.41) is 3.09. The highest BCUT2D eigenvalue weighted by molar-refractivity contribution is 5.96. The van der Waals surface area contributed by atoms with Crippen LogP contribution >= 0.6 is 0 Å². The van der Waals surface area contributed by atoms with Crippen LogP contribution in [0.2, 0.25) is 0 Å². The number of hydrogen-bond acceptors (Lipinski definition) is 5. The van der Waals surface area contributed by atoms with Crippen LogP contribution in [0.5, 0.6) is 5.75 Å². The van der Waals surface area contributed by atoms with Crippen LogP contribution in [0.1, 0.15) is 24.8 Å². The Bertz CT molecular complexity index is 1050. The molecule has 1 aliphatic carbocycles. The first-order chi connectivity index (χ1) is 16.6. The molecule has 1 N–H and O–H groups in total. The number of nitrogens with zero attached hydrogens (tertiary/aromatic N) is 2. The summed E-state index contributed by atoms with van der Waals surface area (Å²) >= 11 is 0. The summed E-state index contributed by atoms with van der Waals surface area (Å²) in [6.45, 7) is 3.04. The molecule has 2 saturated heterocycles. The highest BCUT2D eigenvalue weighted by Gasteiger charge is 2.41. The molecule has 2 aliphatic heterocycles. The fraction of sp³-hybridized carbons (Fsp3) is 0.407. The van der Waals surface area contributed by atoms with Gasteiger partial charge in [-0.05, 0) is 55.2 Å². The Morgan fingerprint density at radius 2 is 1.76 bits per heavy atom. The lowest BCUT2D eigenvalue weighted by atomic mass is 9.82. The van der Waals surface area contributed by atoms with E-state index in [2.05, 4.69) is 22.3 Å². The summed E-state index contributed by atoms with van der Waals surface area (Å²) in [7, 11) is 1.66. The molecule has 3 fully saturated rings. The van der Waals surface area contributed by atoms with Gasteiger partial charge >= 0.3 is 0 Å². The van der Waals surface area contributed by atoms with Crippen molar-refractivity contribution >= 4 is 23.6 Å². The van der Waals surface area contributed by atoms with Crippen LogP contribution in [0, 0.1) is 5.92 Å². The van der Waals surface area contributed by atoms with E-state index < -0.39 is 0 Å². The summed E-state index contributed by atoms with van der Waals surface area (Å²) in [5.41, 5.74) is 2.08. The number of ether oxygens (including phenoxy) is 2. The number of anilines is 1. The highest BCUT2D eigenvalue weighted by atomic mass is 16.5. The minimum absolute atomic E-state index is 0.0719. The van der Waals surface area contributed by atoms with Crippen LogP contribution in [0.25, 0.3) is 6.08 Å². The molecule has 1 saturated carbocycles. The molecule has 2 amide bonds. The smallest absolute Gasteiger partial charge is 0.286 e. The predicted octanol–water partition coefficient (Wildman–Crippen LogP) is 3.07. The number of nitrogens with one attached hydrogen (secondary N) is 1. The number of benzene rings is 2. The minimum atomic E-state index is -0.202. The lowest BCUT2D eigenvalue weighted by molar-refractivity contribution is -0.141. The van der Waals surface area contributed by atoms with E-state index in [1.54, 1.807) is 13.2 Å². The van der Waals surface area contributed by atoms with Gasteiger partial charge in [-0.25, -0.2) is 0 Å².